The summed E-state index contributed by atoms with van der Waals surface area (Å²) in [6.45, 7) is 5.64. The van der Waals surface area contributed by atoms with Crippen LogP contribution in [0.4, 0.5) is 0 Å². The van der Waals surface area contributed by atoms with Crippen molar-refractivity contribution in [3.63, 3.8) is 0 Å². The van der Waals surface area contributed by atoms with Crippen LogP contribution in [0.15, 0.2) is 39.5 Å². The first-order chi connectivity index (χ1) is 18.6. The van der Waals surface area contributed by atoms with Gasteiger partial charge in [0.05, 0.1) is 17.4 Å². The minimum absolute atomic E-state index is 0.0853. The summed E-state index contributed by atoms with van der Waals surface area (Å²) in [7, 11) is 3.81. The summed E-state index contributed by atoms with van der Waals surface area (Å²) in [5.74, 6) is -1.90. The Morgan fingerprint density at radius 3 is 2.54 bits per heavy atom. The van der Waals surface area contributed by atoms with E-state index < -0.39 is 11.3 Å². The van der Waals surface area contributed by atoms with Gasteiger partial charge < -0.3 is 9.26 Å². The van der Waals surface area contributed by atoms with E-state index in [9.17, 15) is 14.4 Å². The molecule has 0 aliphatic heterocycles. The van der Waals surface area contributed by atoms with Gasteiger partial charge in [-0.2, -0.15) is 0 Å². The molecular weight excluding hydrogens is 562 g/mol. The molecule has 0 spiro atoms. The van der Waals surface area contributed by atoms with Crippen molar-refractivity contribution < 1.29 is 23.6 Å². The van der Waals surface area contributed by atoms with Crippen LogP contribution in [-0.4, -0.2) is 46.5 Å². The van der Waals surface area contributed by atoms with Gasteiger partial charge in [-0.05, 0) is 91.4 Å². The van der Waals surface area contributed by atoms with Crippen LogP contribution in [0.5, 0.6) is 5.88 Å². The number of ether oxygens (including phenoxy) is 1. The number of benzene rings is 1. The lowest BCUT2D eigenvalue weighted by molar-refractivity contribution is -0.140. The normalized spacial score (nSPS) is 27.6. The fourth-order valence-electron chi connectivity index (χ4n) is 6.98. The Labute approximate surface area is 235 Å². The van der Waals surface area contributed by atoms with Gasteiger partial charge in [-0.15, -0.1) is 0 Å². The van der Waals surface area contributed by atoms with Gasteiger partial charge in [0.1, 0.15) is 16.8 Å². The molecule has 2 aromatic heterocycles. The number of carbonyl (C=O) groups is 3. The third kappa shape index (κ3) is 3.69. The van der Waals surface area contributed by atoms with Crippen LogP contribution in [0.3, 0.4) is 0 Å². The number of fused-ring (bicyclic) bond motifs is 4. The van der Waals surface area contributed by atoms with Gasteiger partial charge in [0.25, 0.3) is 5.88 Å². The van der Waals surface area contributed by atoms with Crippen molar-refractivity contribution in [1.29, 1.82) is 0 Å². The zero-order chi connectivity index (χ0) is 27.8. The second-order valence-corrected chi connectivity index (χ2v) is 12.2. The van der Waals surface area contributed by atoms with Gasteiger partial charge in [-0.3, -0.25) is 19.3 Å². The third-order valence-corrected chi connectivity index (χ3v) is 9.76. The van der Waals surface area contributed by atoms with Crippen LogP contribution in [0.2, 0.25) is 0 Å². The van der Waals surface area contributed by atoms with E-state index in [-0.39, 0.29) is 53.3 Å². The summed E-state index contributed by atoms with van der Waals surface area (Å²) in [6.07, 6.45) is 1.06. The highest BCUT2D eigenvalue weighted by Crippen LogP contribution is 2.59. The number of aryl methyl sites for hydroxylation is 1. The number of hydrogen-bond donors (Lipinski definition) is 0. The maximum Gasteiger partial charge on any atom is 0.265 e. The molecule has 3 aliphatic carbocycles. The van der Waals surface area contributed by atoms with Crippen LogP contribution in [0, 0.1) is 37.0 Å². The molecule has 6 rings (SSSR count). The molecule has 0 amide bonds. The van der Waals surface area contributed by atoms with E-state index in [2.05, 4.69) is 26.1 Å². The van der Waals surface area contributed by atoms with Crippen LogP contribution in [-0.2, 0) is 17.8 Å². The minimum atomic E-state index is -1.42. The zero-order valence-corrected chi connectivity index (χ0v) is 24.2. The minimum Gasteiger partial charge on any atom is -0.470 e. The molecule has 39 heavy (non-hydrogen) atoms. The van der Waals surface area contributed by atoms with Crippen molar-refractivity contribution in [3.8, 4) is 5.88 Å². The highest BCUT2D eigenvalue weighted by molar-refractivity contribution is 9.10. The van der Waals surface area contributed by atoms with Crippen LogP contribution < -0.4 is 4.74 Å². The molecule has 1 saturated carbocycles. The molecule has 0 bridgehead atoms. The van der Waals surface area contributed by atoms with Crippen molar-refractivity contribution in [2.45, 2.75) is 46.3 Å². The van der Waals surface area contributed by atoms with Gasteiger partial charge in [-0.25, -0.2) is 4.98 Å². The first-order valence-corrected chi connectivity index (χ1v) is 14.0. The number of halogens is 1. The fourth-order valence-corrected chi connectivity index (χ4v) is 7.61. The van der Waals surface area contributed by atoms with E-state index in [1.54, 1.807) is 6.92 Å². The first kappa shape index (κ1) is 26.1. The quantitative estimate of drug-likeness (QED) is 0.305. The number of pyridine rings is 1. The molecule has 5 atom stereocenters. The van der Waals surface area contributed by atoms with E-state index in [1.165, 1.54) is 0 Å². The summed E-state index contributed by atoms with van der Waals surface area (Å²) in [4.78, 5) is 49.3. The number of ketones is 3. The first-order valence-electron chi connectivity index (χ1n) is 13.2. The average molecular weight is 592 g/mol. The highest BCUT2D eigenvalue weighted by Gasteiger charge is 2.65. The maximum absolute atomic E-state index is 14.4. The van der Waals surface area contributed by atoms with Crippen LogP contribution >= 0.6 is 15.9 Å². The Hall–Kier alpha value is -3.17. The molecule has 8 nitrogen and oxygen atoms in total. The summed E-state index contributed by atoms with van der Waals surface area (Å²) < 4.78 is 12.4. The Bertz CT molecular complexity index is 1530. The van der Waals surface area contributed by atoms with Crippen LogP contribution in [0.25, 0.3) is 0 Å². The lowest BCUT2D eigenvalue weighted by Crippen LogP contribution is -2.60. The number of hydrogen-bond acceptors (Lipinski definition) is 8. The molecule has 0 radical (unpaired) electrons. The smallest absolute Gasteiger partial charge is 0.265 e. The van der Waals surface area contributed by atoms with Crippen molar-refractivity contribution in [3.05, 3.63) is 74.2 Å². The van der Waals surface area contributed by atoms with Crippen molar-refractivity contribution >= 4 is 33.3 Å². The van der Waals surface area contributed by atoms with Crippen molar-refractivity contribution in [2.75, 3.05) is 14.1 Å². The standard InChI is InChI=1S/C30H30BrN3O5/c1-14-15(2)32-28(31)18-11-17-12-19-23(34(4)5)25-22(29(33-39-25)38-13-16-9-7-6-8-10-16)27(37)30(19,3)26(36)21(17)24(35)20(14)18/h6-10,17,19,21,23H,11-13H2,1-5H3. The van der Waals surface area contributed by atoms with E-state index in [0.29, 0.717) is 28.8 Å². The molecule has 2 heterocycles. The lowest BCUT2D eigenvalue weighted by atomic mass is 9.50. The Morgan fingerprint density at radius 1 is 1.13 bits per heavy atom. The zero-order valence-electron chi connectivity index (χ0n) is 22.6. The number of rotatable bonds is 4. The van der Waals surface area contributed by atoms with Gasteiger partial charge in [0.15, 0.2) is 23.1 Å². The lowest BCUT2D eigenvalue weighted by Gasteiger charge is -2.52. The number of Topliss-reactive ketones (excluding diaryl/α,β-unsaturated/α-hetero) is 3. The van der Waals surface area contributed by atoms with Gasteiger partial charge >= 0.3 is 0 Å². The van der Waals surface area contributed by atoms with E-state index in [4.69, 9.17) is 9.26 Å². The summed E-state index contributed by atoms with van der Waals surface area (Å²) >= 11 is 3.56. The molecule has 3 aliphatic rings. The Balaban J connectivity index is 1.44. The fraction of sp³-hybridized carbons (Fsp3) is 0.433. The molecule has 9 heteroatoms. The largest absolute Gasteiger partial charge is 0.470 e. The SMILES string of the molecule is Cc1nc(Br)c2c(c1C)C(=O)C1C(=O)C3(C)C(=O)c4c(OCc5ccccc5)noc4C(N(C)C)C3CC1C2. The highest BCUT2D eigenvalue weighted by atomic mass is 79.9. The van der Waals surface area contributed by atoms with Gasteiger partial charge in [-0.1, -0.05) is 30.3 Å². The predicted octanol–water partition coefficient (Wildman–Crippen LogP) is 5.09. The van der Waals surface area contributed by atoms with E-state index >= 15 is 0 Å². The van der Waals surface area contributed by atoms with Crippen molar-refractivity contribution in [2.24, 2.45) is 23.2 Å². The number of carbonyl (C=O) groups excluding carboxylic acids is 3. The van der Waals surface area contributed by atoms with Crippen LogP contribution in [0.1, 0.15) is 68.2 Å². The monoisotopic (exact) mass is 591 g/mol. The molecule has 3 aromatic rings. The predicted molar refractivity (Wildman–Crippen MR) is 146 cm³/mol. The Kier molecular flexibility index (Phi) is 6.15. The second kappa shape index (κ2) is 9.20. The molecule has 1 aromatic carbocycles. The molecule has 202 valence electrons. The number of aromatic nitrogens is 2. The van der Waals surface area contributed by atoms with Gasteiger partial charge in [0.2, 0.25) is 0 Å². The van der Waals surface area contributed by atoms with E-state index in [0.717, 1.165) is 22.4 Å². The molecule has 1 fully saturated rings. The van der Waals surface area contributed by atoms with Gasteiger partial charge in [0, 0.05) is 17.2 Å². The second-order valence-electron chi connectivity index (χ2n) is 11.4. The topological polar surface area (TPSA) is 103 Å². The van der Waals surface area contributed by atoms with Crippen molar-refractivity contribution in [1.82, 2.24) is 15.0 Å². The molecule has 0 saturated heterocycles. The maximum atomic E-state index is 14.4. The molecular formula is C30H30BrN3O5. The summed E-state index contributed by atoms with van der Waals surface area (Å²) in [6, 6.07) is 9.19. The summed E-state index contributed by atoms with van der Waals surface area (Å²) in [5.41, 5.74) is 2.65. The van der Waals surface area contributed by atoms with E-state index in [1.807, 2.05) is 63.2 Å². The average Bonchev–Trinajstić information content (AvgIpc) is 3.32. The molecule has 0 N–H and O–H groups in total. The molecule has 5 unspecified atom stereocenters. The summed E-state index contributed by atoms with van der Waals surface area (Å²) in [5, 5.41) is 4.14. The third-order valence-electron chi connectivity index (χ3n) is 9.10. The Morgan fingerprint density at radius 2 is 1.85 bits per heavy atom. The number of nitrogens with zero attached hydrogens (tertiary/aromatic N) is 3.